The minimum Gasteiger partial charge on any atom is -0.493 e. The largest absolute Gasteiger partial charge is 0.493 e. The van der Waals surface area contributed by atoms with E-state index in [0.717, 1.165) is 0 Å². The predicted molar refractivity (Wildman–Crippen MR) is 88.3 cm³/mol. The fraction of sp³-hybridized carbons (Fsp3) is 0.133. The second kappa shape index (κ2) is 7.80. The van der Waals surface area contributed by atoms with Crippen molar-refractivity contribution >= 4 is 40.5 Å². The molecule has 0 aliphatic rings. The molecule has 0 aliphatic heterocycles. The molecule has 0 radical (unpaired) electrons. The Hall–Kier alpha value is -2.31. The second-order valence-electron chi connectivity index (χ2n) is 4.52. The molecule has 0 saturated carbocycles. The van der Waals surface area contributed by atoms with Gasteiger partial charge in [0.2, 0.25) is 5.91 Å². The maximum absolute atomic E-state index is 11.8. The summed E-state index contributed by atoms with van der Waals surface area (Å²) in [5.41, 5.74) is 0.174. The lowest BCUT2D eigenvalue weighted by Gasteiger charge is -2.08. The van der Waals surface area contributed by atoms with Gasteiger partial charge in [-0.2, -0.15) is 0 Å². The molecule has 2 aromatic carbocycles. The summed E-state index contributed by atoms with van der Waals surface area (Å²) in [6.07, 6.45) is 0.107. The number of nitrogens with one attached hydrogen (secondary N) is 1. The van der Waals surface area contributed by atoms with Crippen molar-refractivity contribution in [3.05, 3.63) is 62.6 Å². The number of nitro groups is 1. The van der Waals surface area contributed by atoms with Crippen molar-refractivity contribution < 1.29 is 14.5 Å². The van der Waals surface area contributed by atoms with Crippen LogP contribution in [0.3, 0.4) is 0 Å². The van der Waals surface area contributed by atoms with Crippen molar-refractivity contribution in [1.29, 1.82) is 0 Å². The van der Waals surface area contributed by atoms with Crippen LogP contribution in [0.15, 0.2) is 42.5 Å². The Balaban J connectivity index is 1.85. The number of halogens is 2. The molecule has 0 atom stereocenters. The first-order chi connectivity index (χ1) is 11.0. The average Bonchev–Trinajstić information content (AvgIpc) is 2.51. The van der Waals surface area contributed by atoms with Gasteiger partial charge in [-0.05, 0) is 30.3 Å². The van der Waals surface area contributed by atoms with Gasteiger partial charge in [-0.15, -0.1) is 0 Å². The molecular weight excluding hydrogens is 343 g/mol. The van der Waals surface area contributed by atoms with Crippen molar-refractivity contribution in [3.8, 4) is 5.75 Å². The van der Waals surface area contributed by atoms with Crippen molar-refractivity contribution in [1.82, 2.24) is 0 Å². The molecule has 1 amide bonds. The predicted octanol–water partition coefficient (Wildman–Crippen LogP) is 4.31. The van der Waals surface area contributed by atoms with Gasteiger partial charge in [0.1, 0.15) is 5.75 Å². The highest BCUT2D eigenvalue weighted by Crippen LogP contribution is 2.26. The molecule has 0 bridgehead atoms. The van der Waals surface area contributed by atoms with Crippen molar-refractivity contribution in [2.24, 2.45) is 0 Å². The van der Waals surface area contributed by atoms with Gasteiger partial charge in [-0.25, -0.2) is 0 Å². The number of hydrogen-bond donors (Lipinski definition) is 1. The van der Waals surface area contributed by atoms with Gasteiger partial charge in [-0.1, -0.05) is 23.2 Å². The molecule has 23 heavy (non-hydrogen) atoms. The molecule has 0 aromatic heterocycles. The fourth-order valence-electron chi connectivity index (χ4n) is 1.72. The normalized spacial score (nSPS) is 10.2. The van der Waals surface area contributed by atoms with Crippen LogP contribution in [-0.2, 0) is 4.79 Å². The summed E-state index contributed by atoms with van der Waals surface area (Å²) in [5, 5.41) is 13.9. The first-order valence-electron chi connectivity index (χ1n) is 6.58. The van der Waals surface area contributed by atoms with Gasteiger partial charge in [0, 0.05) is 17.2 Å². The van der Waals surface area contributed by atoms with Crippen LogP contribution in [0.1, 0.15) is 6.42 Å². The molecule has 1 N–H and O–H groups in total. The molecule has 120 valence electrons. The smallest absolute Gasteiger partial charge is 0.271 e. The van der Waals surface area contributed by atoms with Gasteiger partial charge >= 0.3 is 0 Å². The van der Waals surface area contributed by atoms with E-state index in [1.165, 1.54) is 18.2 Å². The maximum Gasteiger partial charge on any atom is 0.271 e. The van der Waals surface area contributed by atoms with E-state index in [9.17, 15) is 14.9 Å². The van der Waals surface area contributed by atoms with Gasteiger partial charge in [0.05, 0.1) is 28.7 Å². The topological polar surface area (TPSA) is 81.5 Å². The molecule has 2 aromatic rings. The van der Waals surface area contributed by atoms with Gasteiger partial charge < -0.3 is 10.1 Å². The van der Waals surface area contributed by atoms with E-state index in [1.54, 1.807) is 24.3 Å². The second-order valence-corrected chi connectivity index (χ2v) is 5.37. The SMILES string of the molecule is O=C(CCOc1ccc(Cl)cc1)Nc1ccc([N+](=O)[O-])cc1Cl. The number of carbonyl (C=O) groups excluding carboxylic acids is 1. The van der Waals surface area contributed by atoms with Gasteiger partial charge in [0.25, 0.3) is 5.69 Å². The van der Waals surface area contributed by atoms with Crippen LogP contribution in [0.25, 0.3) is 0 Å². The number of nitro benzene ring substituents is 1. The Kier molecular flexibility index (Phi) is 5.78. The number of non-ortho nitro benzene ring substituents is 1. The molecule has 0 unspecified atom stereocenters. The molecular formula is C15H12Cl2N2O4. The summed E-state index contributed by atoms with van der Waals surface area (Å²) in [7, 11) is 0. The van der Waals surface area contributed by atoms with Crippen LogP contribution in [0, 0.1) is 10.1 Å². The van der Waals surface area contributed by atoms with Crippen LogP contribution in [0.5, 0.6) is 5.75 Å². The quantitative estimate of drug-likeness (QED) is 0.618. The molecule has 0 fully saturated rings. The van der Waals surface area contributed by atoms with E-state index in [0.29, 0.717) is 16.5 Å². The zero-order chi connectivity index (χ0) is 16.8. The summed E-state index contributed by atoms with van der Waals surface area (Å²) >= 11 is 11.7. The number of amides is 1. The number of anilines is 1. The van der Waals surface area contributed by atoms with E-state index >= 15 is 0 Å². The summed E-state index contributed by atoms with van der Waals surface area (Å²) in [6.45, 7) is 0.179. The average molecular weight is 355 g/mol. The van der Waals surface area contributed by atoms with Crippen LogP contribution in [0.4, 0.5) is 11.4 Å². The Morgan fingerprint density at radius 2 is 1.87 bits per heavy atom. The van der Waals surface area contributed by atoms with Crippen LogP contribution in [0.2, 0.25) is 10.0 Å². The van der Waals surface area contributed by atoms with E-state index in [2.05, 4.69) is 5.32 Å². The van der Waals surface area contributed by atoms with Crippen molar-refractivity contribution in [2.75, 3.05) is 11.9 Å². The van der Waals surface area contributed by atoms with Crippen LogP contribution >= 0.6 is 23.2 Å². The van der Waals surface area contributed by atoms with E-state index < -0.39 is 4.92 Å². The molecule has 0 heterocycles. The minimum absolute atomic E-state index is 0.103. The third kappa shape index (κ3) is 5.12. The highest BCUT2D eigenvalue weighted by molar-refractivity contribution is 6.34. The first kappa shape index (κ1) is 17.1. The van der Waals surface area contributed by atoms with Crippen LogP contribution in [-0.4, -0.2) is 17.4 Å². The Bertz CT molecular complexity index is 720. The van der Waals surface area contributed by atoms with Crippen molar-refractivity contribution in [3.63, 3.8) is 0 Å². The zero-order valence-corrected chi connectivity index (χ0v) is 13.3. The zero-order valence-electron chi connectivity index (χ0n) is 11.8. The first-order valence-corrected chi connectivity index (χ1v) is 7.33. The lowest BCUT2D eigenvalue weighted by Crippen LogP contribution is -2.15. The van der Waals surface area contributed by atoms with E-state index in [4.69, 9.17) is 27.9 Å². The molecule has 0 saturated heterocycles. The number of ether oxygens (including phenoxy) is 1. The molecule has 8 heteroatoms. The monoisotopic (exact) mass is 354 g/mol. The maximum atomic E-state index is 11.8. The van der Waals surface area contributed by atoms with Gasteiger partial charge in [-0.3, -0.25) is 14.9 Å². The summed E-state index contributed by atoms with van der Waals surface area (Å²) in [4.78, 5) is 21.9. The standard InChI is InChI=1S/C15H12Cl2N2O4/c16-10-1-4-12(5-2-10)23-8-7-15(20)18-14-6-3-11(19(21)22)9-13(14)17/h1-6,9H,7-8H2,(H,18,20). The lowest BCUT2D eigenvalue weighted by molar-refractivity contribution is -0.384. The Morgan fingerprint density at radius 1 is 1.17 bits per heavy atom. The number of benzene rings is 2. The lowest BCUT2D eigenvalue weighted by atomic mass is 10.2. The molecule has 0 spiro atoms. The Labute approximate surface area is 142 Å². The summed E-state index contributed by atoms with van der Waals surface area (Å²) < 4.78 is 5.41. The fourth-order valence-corrected chi connectivity index (χ4v) is 2.07. The minimum atomic E-state index is -0.558. The number of nitrogens with zero attached hydrogens (tertiary/aromatic N) is 1. The molecule has 0 aliphatic carbocycles. The van der Waals surface area contributed by atoms with Gasteiger partial charge in [0.15, 0.2) is 0 Å². The molecule has 2 rings (SSSR count). The van der Waals surface area contributed by atoms with Crippen molar-refractivity contribution in [2.45, 2.75) is 6.42 Å². The highest BCUT2D eigenvalue weighted by atomic mass is 35.5. The van der Waals surface area contributed by atoms with E-state index in [-0.39, 0.29) is 29.6 Å². The summed E-state index contributed by atoms with van der Waals surface area (Å²) in [5.74, 6) is 0.297. The highest BCUT2D eigenvalue weighted by Gasteiger charge is 2.11. The number of hydrogen-bond acceptors (Lipinski definition) is 4. The third-order valence-corrected chi connectivity index (χ3v) is 3.41. The summed E-state index contributed by atoms with van der Waals surface area (Å²) in [6, 6.07) is 10.6. The third-order valence-electron chi connectivity index (χ3n) is 2.85. The number of carbonyl (C=O) groups is 1. The van der Waals surface area contributed by atoms with E-state index in [1.807, 2.05) is 0 Å². The van der Waals surface area contributed by atoms with Crippen LogP contribution < -0.4 is 10.1 Å². The number of rotatable bonds is 6. The Morgan fingerprint density at radius 3 is 2.48 bits per heavy atom. The molecule has 6 nitrogen and oxygen atoms in total.